The summed E-state index contributed by atoms with van der Waals surface area (Å²) in [5, 5.41) is 0. The average Bonchev–Trinajstić information content (AvgIpc) is 2.61. The summed E-state index contributed by atoms with van der Waals surface area (Å²) in [6.07, 6.45) is 0.839. The van der Waals surface area contributed by atoms with E-state index in [0.29, 0.717) is 30.3 Å². The van der Waals surface area contributed by atoms with E-state index in [1.165, 1.54) is 0 Å². The van der Waals surface area contributed by atoms with Crippen molar-refractivity contribution in [2.45, 2.75) is 25.9 Å². The molecule has 1 aliphatic rings. The van der Waals surface area contributed by atoms with Gasteiger partial charge in [-0.2, -0.15) is 0 Å². The van der Waals surface area contributed by atoms with Crippen LogP contribution in [-0.4, -0.2) is 19.8 Å². The topological polar surface area (TPSA) is 44.5 Å². The highest BCUT2D eigenvalue weighted by molar-refractivity contribution is 5.45. The molecule has 1 aromatic rings. The molecule has 0 amide bonds. The van der Waals surface area contributed by atoms with E-state index < -0.39 is 5.67 Å². The second kappa shape index (κ2) is 5.14. The fourth-order valence-corrected chi connectivity index (χ4v) is 2.11. The zero-order valence-corrected chi connectivity index (χ0v) is 10.9. The highest BCUT2D eigenvalue weighted by Gasteiger charge is 2.35. The number of nitrogens with two attached hydrogens (primary N) is 1. The number of benzene rings is 1. The monoisotopic (exact) mass is 253 g/mol. The van der Waals surface area contributed by atoms with Crippen LogP contribution in [0.15, 0.2) is 18.2 Å². The minimum absolute atomic E-state index is 0.0374. The van der Waals surface area contributed by atoms with E-state index in [1.807, 2.05) is 13.8 Å². The molecule has 2 rings (SSSR count). The van der Waals surface area contributed by atoms with Gasteiger partial charge in [0.15, 0.2) is 17.2 Å². The van der Waals surface area contributed by atoms with Crippen molar-refractivity contribution < 1.29 is 13.9 Å². The molecule has 0 saturated heterocycles. The Bertz CT molecular complexity index is 422. The van der Waals surface area contributed by atoms with E-state index in [4.69, 9.17) is 15.2 Å². The van der Waals surface area contributed by atoms with Crippen LogP contribution in [0.5, 0.6) is 11.5 Å². The van der Waals surface area contributed by atoms with Crippen molar-refractivity contribution in [3.63, 3.8) is 0 Å². The van der Waals surface area contributed by atoms with E-state index in [0.717, 1.165) is 6.42 Å². The number of fused-ring (bicyclic) bond motifs is 1. The summed E-state index contributed by atoms with van der Waals surface area (Å²) in [5.74, 6) is 1.10. The maximum atomic E-state index is 14.8. The Morgan fingerprint density at radius 3 is 2.56 bits per heavy atom. The summed E-state index contributed by atoms with van der Waals surface area (Å²) >= 11 is 0. The largest absolute Gasteiger partial charge is 0.490 e. The molecule has 4 heteroatoms. The third-order valence-electron chi connectivity index (χ3n) is 3.44. The van der Waals surface area contributed by atoms with Gasteiger partial charge in [-0.15, -0.1) is 0 Å². The molecule has 0 spiro atoms. The average molecular weight is 253 g/mol. The van der Waals surface area contributed by atoms with Gasteiger partial charge in [0.05, 0.1) is 13.2 Å². The lowest BCUT2D eigenvalue weighted by Gasteiger charge is -2.28. The quantitative estimate of drug-likeness (QED) is 0.900. The summed E-state index contributed by atoms with van der Waals surface area (Å²) < 4.78 is 25.9. The molecule has 1 atom stereocenters. The number of hydrogen-bond donors (Lipinski definition) is 1. The van der Waals surface area contributed by atoms with Gasteiger partial charge >= 0.3 is 0 Å². The van der Waals surface area contributed by atoms with Gasteiger partial charge in [0.25, 0.3) is 0 Å². The molecule has 0 aromatic heterocycles. The molecular weight excluding hydrogens is 233 g/mol. The van der Waals surface area contributed by atoms with Crippen molar-refractivity contribution >= 4 is 0 Å². The number of halogens is 1. The van der Waals surface area contributed by atoms with Gasteiger partial charge < -0.3 is 15.2 Å². The van der Waals surface area contributed by atoms with Crippen LogP contribution >= 0.6 is 0 Å². The molecule has 2 N–H and O–H groups in total. The predicted molar refractivity (Wildman–Crippen MR) is 68.7 cm³/mol. The molecule has 18 heavy (non-hydrogen) atoms. The van der Waals surface area contributed by atoms with Gasteiger partial charge in [-0.3, -0.25) is 0 Å². The minimum Gasteiger partial charge on any atom is -0.490 e. The Kier molecular flexibility index (Phi) is 3.76. The van der Waals surface area contributed by atoms with E-state index >= 15 is 0 Å². The normalized spacial score (nSPS) is 18.3. The Labute approximate surface area is 107 Å². The van der Waals surface area contributed by atoms with E-state index in [2.05, 4.69) is 0 Å². The van der Waals surface area contributed by atoms with Crippen molar-refractivity contribution in [1.29, 1.82) is 0 Å². The Hall–Kier alpha value is -1.29. The Morgan fingerprint density at radius 2 is 1.94 bits per heavy atom. The van der Waals surface area contributed by atoms with Crippen molar-refractivity contribution in [2.24, 2.45) is 11.7 Å². The zero-order chi connectivity index (χ0) is 13.2. The zero-order valence-electron chi connectivity index (χ0n) is 10.9. The SMILES string of the molecule is CC(C)C(F)(CN)c1ccc2c(c1)OCCCO2. The smallest absolute Gasteiger partial charge is 0.161 e. The molecule has 0 bridgehead atoms. The first-order valence-corrected chi connectivity index (χ1v) is 6.37. The number of rotatable bonds is 3. The summed E-state index contributed by atoms with van der Waals surface area (Å²) in [7, 11) is 0. The maximum Gasteiger partial charge on any atom is 0.161 e. The van der Waals surface area contributed by atoms with Crippen molar-refractivity contribution in [2.75, 3.05) is 19.8 Å². The third-order valence-corrected chi connectivity index (χ3v) is 3.44. The highest BCUT2D eigenvalue weighted by atomic mass is 19.1. The maximum absolute atomic E-state index is 14.8. The van der Waals surface area contributed by atoms with Crippen LogP contribution in [0.1, 0.15) is 25.8 Å². The Balaban J connectivity index is 2.38. The van der Waals surface area contributed by atoms with Crippen LogP contribution in [0.3, 0.4) is 0 Å². The fraction of sp³-hybridized carbons (Fsp3) is 0.571. The minimum atomic E-state index is -1.52. The second-order valence-corrected chi connectivity index (χ2v) is 4.93. The number of ether oxygens (including phenoxy) is 2. The van der Waals surface area contributed by atoms with Crippen LogP contribution in [0.25, 0.3) is 0 Å². The van der Waals surface area contributed by atoms with Crippen molar-refractivity contribution in [3.05, 3.63) is 23.8 Å². The summed E-state index contributed by atoms with van der Waals surface area (Å²) in [4.78, 5) is 0. The standard InChI is InChI=1S/C14H20FNO2/c1-10(2)14(15,9-16)11-4-5-12-13(8-11)18-7-3-6-17-12/h4-5,8,10H,3,6-7,9,16H2,1-2H3. The molecule has 0 fully saturated rings. The molecule has 1 aliphatic heterocycles. The van der Waals surface area contributed by atoms with Gasteiger partial charge in [0.1, 0.15) is 0 Å². The van der Waals surface area contributed by atoms with E-state index in [1.54, 1.807) is 18.2 Å². The van der Waals surface area contributed by atoms with Crippen LogP contribution in [0, 0.1) is 5.92 Å². The lowest BCUT2D eigenvalue weighted by Crippen LogP contribution is -2.35. The lowest BCUT2D eigenvalue weighted by atomic mass is 9.85. The van der Waals surface area contributed by atoms with Crippen LogP contribution in [0.2, 0.25) is 0 Å². The van der Waals surface area contributed by atoms with Crippen molar-refractivity contribution in [1.82, 2.24) is 0 Å². The van der Waals surface area contributed by atoms with Gasteiger partial charge in [0, 0.05) is 13.0 Å². The van der Waals surface area contributed by atoms with Crippen LogP contribution in [0.4, 0.5) is 4.39 Å². The number of hydrogen-bond acceptors (Lipinski definition) is 3. The van der Waals surface area contributed by atoms with Gasteiger partial charge in [-0.25, -0.2) is 4.39 Å². The molecule has 1 heterocycles. The molecule has 1 aromatic carbocycles. The summed E-state index contributed by atoms with van der Waals surface area (Å²) in [6.45, 7) is 4.85. The first-order chi connectivity index (χ1) is 8.58. The van der Waals surface area contributed by atoms with Crippen LogP contribution in [-0.2, 0) is 5.67 Å². The lowest BCUT2D eigenvalue weighted by molar-refractivity contribution is 0.109. The first kappa shape index (κ1) is 13.1. The second-order valence-electron chi connectivity index (χ2n) is 4.93. The molecular formula is C14H20FNO2. The van der Waals surface area contributed by atoms with Gasteiger partial charge in [0.2, 0.25) is 0 Å². The van der Waals surface area contributed by atoms with E-state index in [9.17, 15) is 4.39 Å². The van der Waals surface area contributed by atoms with Crippen LogP contribution < -0.4 is 15.2 Å². The molecule has 0 radical (unpaired) electrons. The van der Waals surface area contributed by atoms with E-state index in [-0.39, 0.29) is 12.5 Å². The van der Waals surface area contributed by atoms with Gasteiger partial charge in [-0.05, 0) is 23.6 Å². The summed E-state index contributed by atoms with van der Waals surface area (Å²) in [5.41, 5.74) is 4.64. The predicted octanol–water partition coefficient (Wildman–Crippen LogP) is 2.63. The molecule has 3 nitrogen and oxygen atoms in total. The first-order valence-electron chi connectivity index (χ1n) is 6.37. The van der Waals surface area contributed by atoms with Gasteiger partial charge in [-0.1, -0.05) is 19.9 Å². The Morgan fingerprint density at radius 1 is 1.28 bits per heavy atom. The molecule has 0 aliphatic carbocycles. The number of alkyl halides is 1. The van der Waals surface area contributed by atoms with Crippen molar-refractivity contribution in [3.8, 4) is 11.5 Å². The third kappa shape index (κ3) is 2.29. The highest BCUT2D eigenvalue weighted by Crippen LogP contribution is 2.38. The summed E-state index contributed by atoms with van der Waals surface area (Å²) in [6, 6.07) is 5.22. The molecule has 0 saturated carbocycles. The molecule has 100 valence electrons. The molecule has 1 unspecified atom stereocenters. The fourth-order valence-electron chi connectivity index (χ4n) is 2.11.